The SMILES string of the molecule is COc1ccccc1CC(=O)Nc1nc(-c2ccc3c(c2)CCN3C(=O)C2CC2)c(C)s1. The lowest BCUT2D eigenvalue weighted by Gasteiger charge is -2.17. The topological polar surface area (TPSA) is 71.5 Å². The number of carbonyl (C=O) groups is 2. The summed E-state index contributed by atoms with van der Waals surface area (Å²) in [5.41, 5.74) is 4.94. The second kappa shape index (κ2) is 8.39. The molecule has 0 bridgehead atoms. The summed E-state index contributed by atoms with van der Waals surface area (Å²) >= 11 is 1.47. The number of benzene rings is 2. The van der Waals surface area contributed by atoms with Crippen molar-refractivity contribution in [3.05, 3.63) is 58.5 Å². The van der Waals surface area contributed by atoms with Gasteiger partial charge in [0.15, 0.2) is 5.13 Å². The van der Waals surface area contributed by atoms with E-state index in [2.05, 4.69) is 11.4 Å². The van der Waals surface area contributed by atoms with Gasteiger partial charge in [-0.05, 0) is 49.9 Å². The van der Waals surface area contributed by atoms with Gasteiger partial charge in [-0.1, -0.05) is 24.3 Å². The number of fused-ring (bicyclic) bond motifs is 1. The van der Waals surface area contributed by atoms with Crippen molar-refractivity contribution < 1.29 is 14.3 Å². The normalized spacial score (nSPS) is 14.9. The average molecular weight is 448 g/mol. The second-order valence-electron chi connectivity index (χ2n) is 8.32. The summed E-state index contributed by atoms with van der Waals surface area (Å²) in [6.45, 7) is 2.77. The second-order valence-corrected chi connectivity index (χ2v) is 9.52. The quantitative estimate of drug-likeness (QED) is 0.599. The van der Waals surface area contributed by atoms with Crippen molar-refractivity contribution in [3.8, 4) is 17.0 Å². The number of thiazole rings is 1. The first-order valence-electron chi connectivity index (χ1n) is 10.9. The van der Waals surface area contributed by atoms with E-state index < -0.39 is 0 Å². The van der Waals surface area contributed by atoms with Crippen molar-refractivity contribution >= 4 is 34.0 Å². The molecular weight excluding hydrogens is 422 g/mol. The van der Waals surface area contributed by atoms with Gasteiger partial charge in [-0.3, -0.25) is 9.59 Å². The van der Waals surface area contributed by atoms with E-state index in [9.17, 15) is 9.59 Å². The molecule has 0 radical (unpaired) electrons. The van der Waals surface area contributed by atoms with Gasteiger partial charge in [0.25, 0.3) is 0 Å². The Balaban J connectivity index is 1.31. The Labute approximate surface area is 191 Å². The van der Waals surface area contributed by atoms with Crippen LogP contribution in [0.15, 0.2) is 42.5 Å². The Bertz CT molecular complexity index is 1200. The van der Waals surface area contributed by atoms with E-state index in [0.717, 1.165) is 53.2 Å². The van der Waals surface area contributed by atoms with Crippen LogP contribution in [-0.2, 0) is 22.4 Å². The molecule has 32 heavy (non-hydrogen) atoms. The average Bonchev–Trinajstić information content (AvgIpc) is 3.46. The third kappa shape index (κ3) is 4.00. The van der Waals surface area contributed by atoms with Crippen molar-refractivity contribution in [3.63, 3.8) is 0 Å². The monoisotopic (exact) mass is 447 g/mol. The van der Waals surface area contributed by atoms with Crippen molar-refractivity contribution in [1.82, 2.24) is 4.98 Å². The molecule has 1 aliphatic carbocycles. The first-order chi connectivity index (χ1) is 15.5. The maximum absolute atomic E-state index is 12.6. The number of aromatic nitrogens is 1. The number of hydrogen-bond acceptors (Lipinski definition) is 5. The zero-order valence-corrected chi connectivity index (χ0v) is 19.0. The highest BCUT2D eigenvalue weighted by Crippen LogP contribution is 2.39. The van der Waals surface area contributed by atoms with Crippen molar-refractivity contribution in [2.24, 2.45) is 5.92 Å². The predicted octanol–water partition coefficient (Wildman–Crippen LogP) is 4.61. The fourth-order valence-electron chi connectivity index (χ4n) is 4.23. The molecule has 0 atom stereocenters. The van der Waals surface area contributed by atoms with Crippen LogP contribution in [0.5, 0.6) is 5.75 Å². The number of nitrogens with zero attached hydrogens (tertiary/aromatic N) is 2. The number of amides is 2. The fraction of sp³-hybridized carbons (Fsp3) is 0.320. The lowest BCUT2D eigenvalue weighted by atomic mass is 10.1. The van der Waals surface area contributed by atoms with Gasteiger partial charge in [0.1, 0.15) is 5.75 Å². The van der Waals surface area contributed by atoms with Crippen LogP contribution < -0.4 is 15.0 Å². The number of para-hydroxylation sites is 1. The lowest BCUT2D eigenvalue weighted by Crippen LogP contribution is -2.30. The smallest absolute Gasteiger partial charge is 0.230 e. The molecule has 3 aromatic rings. The molecule has 1 aliphatic heterocycles. The highest BCUT2D eigenvalue weighted by Gasteiger charge is 2.36. The van der Waals surface area contributed by atoms with E-state index in [1.54, 1.807) is 7.11 Å². The van der Waals surface area contributed by atoms with E-state index in [1.807, 2.05) is 48.2 Å². The van der Waals surface area contributed by atoms with Crippen LogP contribution in [0.1, 0.15) is 28.8 Å². The zero-order chi connectivity index (χ0) is 22.2. The fourth-order valence-corrected chi connectivity index (χ4v) is 5.08. The van der Waals surface area contributed by atoms with Crippen molar-refractivity contribution in [1.29, 1.82) is 0 Å². The standard InChI is InChI=1S/C25H25N3O3S/c1-15-23(19-9-10-20-17(13-19)11-12-28(20)24(30)16-7-8-16)27-25(32-15)26-22(29)14-18-5-3-4-6-21(18)31-2/h3-6,9-10,13,16H,7-8,11-12,14H2,1-2H3,(H,26,27,29). The Morgan fingerprint density at radius 3 is 2.81 bits per heavy atom. The number of hydrogen-bond donors (Lipinski definition) is 1. The largest absolute Gasteiger partial charge is 0.496 e. The molecule has 0 spiro atoms. The number of anilines is 2. The zero-order valence-electron chi connectivity index (χ0n) is 18.2. The van der Waals surface area contributed by atoms with Gasteiger partial charge < -0.3 is 15.0 Å². The molecule has 1 fully saturated rings. The number of aryl methyl sites for hydroxylation is 1. The Hall–Kier alpha value is -3.19. The predicted molar refractivity (Wildman–Crippen MR) is 126 cm³/mol. The number of rotatable bonds is 6. The van der Waals surface area contributed by atoms with Crippen LogP contribution in [0.25, 0.3) is 11.3 Å². The van der Waals surface area contributed by atoms with Gasteiger partial charge in [0, 0.05) is 34.2 Å². The Kier molecular flexibility index (Phi) is 5.43. The van der Waals surface area contributed by atoms with Gasteiger partial charge in [0.2, 0.25) is 11.8 Å². The van der Waals surface area contributed by atoms with Crippen molar-refractivity contribution in [2.45, 2.75) is 32.6 Å². The first kappa shape index (κ1) is 20.7. The van der Waals surface area contributed by atoms with Gasteiger partial charge in [-0.2, -0.15) is 0 Å². The molecule has 1 saturated carbocycles. The molecule has 7 heteroatoms. The summed E-state index contributed by atoms with van der Waals surface area (Å²) in [7, 11) is 1.60. The summed E-state index contributed by atoms with van der Waals surface area (Å²) in [5, 5.41) is 3.51. The lowest BCUT2D eigenvalue weighted by molar-refractivity contribution is -0.119. The molecule has 0 unspecified atom stereocenters. The summed E-state index contributed by atoms with van der Waals surface area (Å²) in [4.78, 5) is 32.8. The summed E-state index contributed by atoms with van der Waals surface area (Å²) in [6, 6.07) is 13.7. The molecular formula is C25H25N3O3S. The van der Waals surface area contributed by atoms with Crippen LogP contribution in [0.3, 0.4) is 0 Å². The third-order valence-corrected chi connectivity index (χ3v) is 6.91. The number of carbonyl (C=O) groups excluding carboxylic acids is 2. The molecule has 2 amide bonds. The molecule has 2 heterocycles. The number of nitrogens with one attached hydrogen (secondary N) is 1. The molecule has 1 N–H and O–H groups in total. The van der Waals surface area contributed by atoms with E-state index in [1.165, 1.54) is 16.9 Å². The van der Waals surface area contributed by atoms with Crippen LogP contribution in [-0.4, -0.2) is 30.5 Å². The van der Waals surface area contributed by atoms with E-state index in [0.29, 0.717) is 10.9 Å². The van der Waals surface area contributed by atoms with E-state index in [-0.39, 0.29) is 24.2 Å². The van der Waals surface area contributed by atoms with E-state index >= 15 is 0 Å². The number of methoxy groups -OCH3 is 1. The highest BCUT2D eigenvalue weighted by molar-refractivity contribution is 7.16. The summed E-state index contributed by atoms with van der Waals surface area (Å²) < 4.78 is 5.34. The molecule has 0 saturated heterocycles. The molecule has 2 aliphatic rings. The van der Waals surface area contributed by atoms with Gasteiger partial charge >= 0.3 is 0 Å². The van der Waals surface area contributed by atoms with Crippen LogP contribution in [0.2, 0.25) is 0 Å². The Morgan fingerprint density at radius 2 is 2.03 bits per heavy atom. The molecule has 1 aromatic heterocycles. The Morgan fingerprint density at radius 1 is 1.22 bits per heavy atom. The molecule has 2 aromatic carbocycles. The molecule has 6 nitrogen and oxygen atoms in total. The van der Waals surface area contributed by atoms with Crippen LogP contribution >= 0.6 is 11.3 Å². The molecule has 164 valence electrons. The minimum absolute atomic E-state index is 0.127. The maximum atomic E-state index is 12.6. The van der Waals surface area contributed by atoms with Gasteiger partial charge in [0.05, 0.1) is 19.2 Å². The minimum atomic E-state index is -0.127. The van der Waals surface area contributed by atoms with Gasteiger partial charge in [-0.15, -0.1) is 11.3 Å². The van der Waals surface area contributed by atoms with E-state index in [4.69, 9.17) is 9.72 Å². The van der Waals surface area contributed by atoms with Gasteiger partial charge in [-0.25, -0.2) is 4.98 Å². The summed E-state index contributed by atoms with van der Waals surface area (Å²) in [5.74, 6) is 1.06. The van der Waals surface area contributed by atoms with Crippen LogP contribution in [0.4, 0.5) is 10.8 Å². The molecule has 5 rings (SSSR count). The maximum Gasteiger partial charge on any atom is 0.230 e. The minimum Gasteiger partial charge on any atom is -0.496 e. The summed E-state index contributed by atoms with van der Waals surface area (Å²) in [6.07, 6.45) is 3.13. The third-order valence-electron chi connectivity index (χ3n) is 6.03. The van der Waals surface area contributed by atoms with Crippen molar-refractivity contribution in [2.75, 3.05) is 23.9 Å². The highest BCUT2D eigenvalue weighted by atomic mass is 32.1. The number of ether oxygens (including phenoxy) is 1. The first-order valence-corrected chi connectivity index (χ1v) is 11.7. The van der Waals surface area contributed by atoms with Crippen LogP contribution in [0, 0.1) is 12.8 Å².